The molecular weight excluding hydrogens is 241 g/mol. The molecule has 1 aromatic carbocycles. The summed E-state index contributed by atoms with van der Waals surface area (Å²) in [5, 5.41) is 7.64. The first-order valence-electron chi connectivity index (χ1n) is 6.58. The average molecular weight is 261 g/mol. The molecular formula is C15H20FN3. The van der Waals surface area contributed by atoms with Crippen LogP contribution in [0.2, 0.25) is 0 Å². The number of aryl methyl sites for hydroxylation is 2. The van der Waals surface area contributed by atoms with Crippen LogP contribution in [-0.4, -0.2) is 16.3 Å². The van der Waals surface area contributed by atoms with Crippen molar-refractivity contribution in [2.45, 2.75) is 33.7 Å². The van der Waals surface area contributed by atoms with Crippen LogP contribution in [0.15, 0.2) is 24.5 Å². The van der Waals surface area contributed by atoms with Gasteiger partial charge in [-0.25, -0.2) is 9.07 Å². The van der Waals surface area contributed by atoms with Crippen LogP contribution in [0.4, 0.5) is 4.39 Å². The van der Waals surface area contributed by atoms with Crippen molar-refractivity contribution in [3.8, 4) is 5.69 Å². The predicted molar refractivity (Wildman–Crippen MR) is 75.1 cm³/mol. The van der Waals surface area contributed by atoms with E-state index in [9.17, 15) is 4.39 Å². The van der Waals surface area contributed by atoms with Crippen molar-refractivity contribution in [2.24, 2.45) is 0 Å². The fraction of sp³-hybridized carbons (Fsp3) is 0.400. The van der Waals surface area contributed by atoms with E-state index in [-0.39, 0.29) is 11.9 Å². The lowest BCUT2D eigenvalue weighted by atomic mass is 10.0. The van der Waals surface area contributed by atoms with E-state index < -0.39 is 0 Å². The van der Waals surface area contributed by atoms with E-state index in [2.05, 4.69) is 10.4 Å². The number of rotatable bonds is 4. The van der Waals surface area contributed by atoms with Crippen LogP contribution < -0.4 is 5.32 Å². The molecule has 0 saturated carbocycles. The average Bonchev–Trinajstić information content (AvgIpc) is 2.79. The molecule has 1 heterocycles. The van der Waals surface area contributed by atoms with Crippen LogP contribution in [0.25, 0.3) is 5.69 Å². The molecule has 2 aromatic rings. The van der Waals surface area contributed by atoms with Crippen molar-refractivity contribution in [3.05, 3.63) is 47.0 Å². The highest BCUT2D eigenvalue weighted by Gasteiger charge is 2.15. The van der Waals surface area contributed by atoms with Gasteiger partial charge >= 0.3 is 0 Å². The molecule has 0 radical (unpaired) electrons. The third-order valence-electron chi connectivity index (χ3n) is 3.24. The highest BCUT2D eigenvalue weighted by molar-refractivity contribution is 5.45. The molecule has 1 unspecified atom stereocenters. The maximum absolute atomic E-state index is 13.8. The summed E-state index contributed by atoms with van der Waals surface area (Å²) in [6, 6.07) is 3.54. The topological polar surface area (TPSA) is 29.9 Å². The second-order valence-electron chi connectivity index (χ2n) is 4.90. The van der Waals surface area contributed by atoms with Crippen LogP contribution in [0.3, 0.4) is 0 Å². The number of nitrogens with zero attached hydrogens (tertiary/aromatic N) is 2. The first-order chi connectivity index (χ1) is 9.02. The highest BCUT2D eigenvalue weighted by Crippen LogP contribution is 2.25. The Hall–Kier alpha value is -1.68. The van der Waals surface area contributed by atoms with Gasteiger partial charge in [-0.3, -0.25) is 0 Å². The molecule has 0 amide bonds. The number of halogens is 1. The van der Waals surface area contributed by atoms with Gasteiger partial charge in [0.1, 0.15) is 5.82 Å². The minimum atomic E-state index is -0.174. The summed E-state index contributed by atoms with van der Waals surface area (Å²) >= 11 is 0. The summed E-state index contributed by atoms with van der Waals surface area (Å²) in [4.78, 5) is 0. The van der Waals surface area contributed by atoms with Crippen LogP contribution in [0.1, 0.15) is 36.6 Å². The quantitative estimate of drug-likeness (QED) is 0.915. The Morgan fingerprint density at radius 3 is 2.68 bits per heavy atom. The van der Waals surface area contributed by atoms with Gasteiger partial charge in [0, 0.05) is 12.2 Å². The fourth-order valence-corrected chi connectivity index (χ4v) is 2.19. The lowest BCUT2D eigenvalue weighted by molar-refractivity contribution is 0.575. The third kappa shape index (κ3) is 2.84. The molecule has 1 aromatic heterocycles. The van der Waals surface area contributed by atoms with E-state index in [1.54, 1.807) is 19.2 Å². The Kier molecular flexibility index (Phi) is 4.00. The van der Waals surface area contributed by atoms with E-state index >= 15 is 0 Å². The van der Waals surface area contributed by atoms with Crippen molar-refractivity contribution in [1.82, 2.24) is 15.1 Å². The molecule has 19 heavy (non-hydrogen) atoms. The van der Waals surface area contributed by atoms with E-state index in [0.29, 0.717) is 5.56 Å². The molecule has 0 aliphatic rings. The second kappa shape index (κ2) is 5.53. The molecule has 0 bridgehead atoms. The SMILES string of the molecule is CCNC(C)c1cc(F)c(C)cc1-n1cc(C)cn1. The van der Waals surface area contributed by atoms with Gasteiger partial charge in [-0.1, -0.05) is 6.92 Å². The zero-order valence-electron chi connectivity index (χ0n) is 11.9. The number of nitrogens with one attached hydrogen (secondary N) is 1. The van der Waals surface area contributed by atoms with Gasteiger partial charge in [0.2, 0.25) is 0 Å². The Labute approximate surface area is 113 Å². The highest BCUT2D eigenvalue weighted by atomic mass is 19.1. The summed E-state index contributed by atoms with van der Waals surface area (Å²) < 4.78 is 15.6. The largest absolute Gasteiger partial charge is 0.310 e. The Morgan fingerprint density at radius 1 is 1.37 bits per heavy atom. The Morgan fingerprint density at radius 2 is 2.11 bits per heavy atom. The van der Waals surface area contributed by atoms with Crippen LogP contribution in [-0.2, 0) is 0 Å². The van der Waals surface area contributed by atoms with Crippen molar-refractivity contribution in [1.29, 1.82) is 0 Å². The third-order valence-corrected chi connectivity index (χ3v) is 3.24. The molecule has 2 rings (SSSR count). The summed E-state index contributed by atoms with van der Waals surface area (Å²) in [5.74, 6) is -0.174. The lowest BCUT2D eigenvalue weighted by Crippen LogP contribution is -2.20. The van der Waals surface area contributed by atoms with E-state index in [1.165, 1.54) is 0 Å². The van der Waals surface area contributed by atoms with Crippen LogP contribution in [0, 0.1) is 19.7 Å². The molecule has 0 fully saturated rings. The van der Waals surface area contributed by atoms with Crippen molar-refractivity contribution in [2.75, 3.05) is 6.54 Å². The zero-order chi connectivity index (χ0) is 14.0. The van der Waals surface area contributed by atoms with E-state index in [1.807, 2.05) is 37.7 Å². The summed E-state index contributed by atoms with van der Waals surface area (Å²) in [6.45, 7) is 8.69. The predicted octanol–water partition coefficient (Wildman–Crippen LogP) is 3.30. The van der Waals surface area contributed by atoms with E-state index in [4.69, 9.17) is 0 Å². The Bertz CT molecular complexity index is 575. The smallest absolute Gasteiger partial charge is 0.126 e. The van der Waals surface area contributed by atoms with Gasteiger partial charge in [-0.15, -0.1) is 0 Å². The van der Waals surface area contributed by atoms with Gasteiger partial charge in [0.25, 0.3) is 0 Å². The number of hydrogen-bond donors (Lipinski definition) is 1. The number of aromatic nitrogens is 2. The van der Waals surface area contributed by atoms with Crippen molar-refractivity contribution >= 4 is 0 Å². The van der Waals surface area contributed by atoms with E-state index in [0.717, 1.165) is 23.4 Å². The van der Waals surface area contributed by atoms with Gasteiger partial charge in [0.05, 0.1) is 11.9 Å². The van der Waals surface area contributed by atoms with Gasteiger partial charge < -0.3 is 5.32 Å². The fourth-order valence-electron chi connectivity index (χ4n) is 2.19. The summed E-state index contributed by atoms with van der Waals surface area (Å²) in [7, 11) is 0. The standard InChI is InChI=1S/C15H20FN3/c1-5-17-12(4)13-7-14(16)11(3)6-15(13)19-9-10(2)8-18-19/h6-9,12,17H,5H2,1-4H3. The lowest BCUT2D eigenvalue weighted by Gasteiger charge is -2.18. The Balaban J connectivity index is 2.54. The van der Waals surface area contributed by atoms with Crippen LogP contribution in [0.5, 0.6) is 0 Å². The van der Waals surface area contributed by atoms with Crippen LogP contribution >= 0.6 is 0 Å². The minimum Gasteiger partial charge on any atom is -0.310 e. The normalized spacial score (nSPS) is 12.7. The summed E-state index contributed by atoms with van der Waals surface area (Å²) in [6.07, 6.45) is 3.76. The maximum Gasteiger partial charge on any atom is 0.126 e. The van der Waals surface area contributed by atoms with Gasteiger partial charge in [-0.05, 0) is 56.1 Å². The second-order valence-corrected chi connectivity index (χ2v) is 4.90. The van der Waals surface area contributed by atoms with Gasteiger partial charge in [0.15, 0.2) is 0 Å². The van der Waals surface area contributed by atoms with Crippen molar-refractivity contribution < 1.29 is 4.39 Å². The minimum absolute atomic E-state index is 0.0830. The molecule has 0 spiro atoms. The molecule has 1 atom stereocenters. The maximum atomic E-state index is 13.8. The molecule has 0 aliphatic heterocycles. The summed E-state index contributed by atoms with van der Waals surface area (Å²) in [5.41, 5.74) is 3.58. The first-order valence-corrected chi connectivity index (χ1v) is 6.58. The zero-order valence-corrected chi connectivity index (χ0v) is 11.9. The monoisotopic (exact) mass is 261 g/mol. The molecule has 3 nitrogen and oxygen atoms in total. The molecule has 102 valence electrons. The van der Waals surface area contributed by atoms with Gasteiger partial charge in [-0.2, -0.15) is 5.10 Å². The molecule has 1 N–H and O–H groups in total. The number of hydrogen-bond acceptors (Lipinski definition) is 2. The number of benzene rings is 1. The molecule has 4 heteroatoms. The molecule has 0 saturated heterocycles. The molecule has 0 aliphatic carbocycles. The first kappa shape index (κ1) is 13.7. The van der Waals surface area contributed by atoms with Crippen molar-refractivity contribution in [3.63, 3.8) is 0 Å².